The predicted octanol–water partition coefficient (Wildman–Crippen LogP) is 4.17. The van der Waals surface area contributed by atoms with Gasteiger partial charge in [0.05, 0.1) is 5.69 Å². The molecular formula is C16H23N3. The molecule has 19 heavy (non-hydrogen) atoms. The lowest BCUT2D eigenvalue weighted by Gasteiger charge is -2.09. The Morgan fingerprint density at radius 3 is 2.63 bits per heavy atom. The lowest BCUT2D eigenvalue weighted by molar-refractivity contribution is 0.683. The summed E-state index contributed by atoms with van der Waals surface area (Å²) in [6.07, 6.45) is 7.15. The number of hydrogen-bond donors (Lipinski definition) is 1. The van der Waals surface area contributed by atoms with E-state index >= 15 is 0 Å². The summed E-state index contributed by atoms with van der Waals surface area (Å²) < 4.78 is 2.12. The maximum atomic E-state index is 4.56. The van der Waals surface area contributed by atoms with Crippen molar-refractivity contribution in [2.24, 2.45) is 0 Å². The summed E-state index contributed by atoms with van der Waals surface area (Å²) in [7, 11) is 0. The maximum absolute atomic E-state index is 4.56. The molecule has 0 spiro atoms. The van der Waals surface area contributed by atoms with Crippen LogP contribution >= 0.6 is 0 Å². The number of aromatic nitrogens is 2. The highest BCUT2D eigenvalue weighted by atomic mass is 15.2. The largest absolute Gasteiger partial charge is 0.355 e. The van der Waals surface area contributed by atoms with Gasteiger partial charge in [-0.2, -0.15) is 0 Å². The highest BCUT2D eigenvalue weighted by Crippen LogP contribution is 2.16. The summed E-state index contributed by atoms with van der Waals surface area (Å²) in [6, 6.07) is 10.3. The number of anilines is 1. The van der Waals surface area contributed by atoms with Gasteiger partial charge in [-0.3, -0.25) is 4.57 Å². The molecule has 0 aliphatic rings. The molecule has 0 saturated carbocycles. The topological polar surface area (TPSA) is 29.9 Å². The lowest BCUT2D eigenvalue weighted by atomic mass is 10.2. The smallest absolute Gasteiger partial charge is 0.207 e. The van der Waals surface area contributed by atoms with Crippen LogP contribution in [-0.4, -0.2) is 16.1 Å². The number of para-hydroxylation sites is 1. The SMILES string of the molecule is CCCCCCNc1nc(C)cn1-c1ccccc1. The minimum atomic E-state index is 0.945. The van der Waals surface area contributed by atoms with Gasteiger partial charge in [0.25, 0.3) is 0 Å². The highest BCUT2D eigenvalue weighted by molar-refractivity contribution is 5.42. The van der Waals surface area contributed by atoms with Gasteiger partial charge in [0.15, 0.2) is 0 Å². The molecule has 1 heterocycles. The number of unbranched alkanes of at least 4 members (excludes halogenated alkanes) is 3. The van der Waals surface area contributed by atoms with Crippen LogP contribution in [0.25, 0.3) is 5.69 Å². The van der Waals surface area contributed by atoms with Gasteiger partial charge in [0, 0.05) is 18.4 Å². The molecule has 0 atom stereocenters. The van der Waals surface area contributed by atoms with Crippen molar-refractivity contribution >= 4 is 5.95 Å². The second kappa shape index (κ2) is 6.98. The van der Waals surface area contributed by atoms with Gasteiger partial charge < -0.3 is 5.32 Å². The summed E-state index contributed by atoms with van der Waals surface area (Å²) in [5, 5.41) is 3.44. The molecule has 3 heteroatoms. The van der Waals surface area contributed by atoms with Gasteiger partial charge in [-0.15, -0.1) is 0 Å². The molecule has 0 bridgehead atoms. The number of imidazole rings is 1. The number of rotatable bonds is 7. The minimum absolute atomic E-state index is 0.945. The van der Waals surface area contributed by atoms with Crippen molar-refractivity contribution in [3.8, 4) is 5.69 Å². The molecule has 2 aromatic rings. The zero-order chi connectivity index (χ0) is 13.5. The zero-order valence-electron chi connectivity index (χ0n) is 11.9. The van der Waals surface area contributed by atoms with Crippen molar-refractivity contribution in [1.29, 1.82) is 0 Å². The van der Waals surface area contributed by atoms with Crippen LogP contribution in [0.5, 0.6) is 0 Å². The van der Waals surface area contributed by atoms with Crippen molar-refractivity contribution in [2.75, 3.05) is 11.9 Å². The van der Waals surface area contributed by atoms with E-state index in [1.807, 2.05) is 13.0 Å². The average molecular weight is 257 g/mol. The van der Waals surface area contributed by atoms with E-state index in [2.05, 4.69) is 52.3 Å². The van der Waals surface area contributed by atoms with Crippen molar-refractivity contribution in [3.63, 3.8) is 0 Å². The summed E-state index contributed by atoms with van der Waals surface area (Å²) in [6.45, 7) is 5.25. The van der Waals surface area contributed by atoms with Crippen LogP contribution in [0, 0.1) is 6.92 Å². The molecule has 102 valence electrons. The van der Waals surface area contributed by atoms with Gasteiger partial charge in [0.1, 0.15) is 0 Å². The molecule has 2 rings (SSSR count). The molecule has 1 aromatic heterocycles. The first-order valence-corrected chi connectivity index (χ1v) is 7.16. The summed E-state index contributed by atoms with van der Waals surface area (Å²) in [4.78, 5) is 4.56. The molecule has 0 radical (unpaired) electrons. The summed E-state index contributed by atoms with van der Waals surface area (Å²) in [5.74, 6) is 0.945. The second-order valence-corrected chi connectivity index (χ2v) is 4.90. The summed E-state index contributed by atoms with van der Waals surface area (Å²) >= 11 is 0. The van der Waals surface area contributed by atoms with Crippen LogP contribution in [0.2, 0.25) is 0 Å². The van der Waals surface area contributed by atoms with Crippen molar-refractivity contribution in [2.45, 2.75) is 39.5 Å². The molecular weight excluding hydrogens is 234 g/mol. The Morgan fingerprint density at radius 2 is 1.89 bits per heavy atom. The number of nitrogens with one attached hydrogen (secondary N) is 1. The quantitative estimate of drug-likeness (QED) is 0.754. The standard InChI is InChI=1S/C16H23N3/c1-3-4-5-9-12-17-16-18-14(2)13-19(16)15-10-7-6-8-11-15/h6-8,10-11,13H,3-5,9,12H2,1-2H3,(H,17,18). The third-order valence-corrected chi connectivity index (χ3v) is 3.17. The van der Waals surface area contributed by atoms with Gasteiger partial charge >= 0.3 is 0 Å². The average Bonchev–Trinajstić information content (AvgIpc) is 2.81. The molecule has 0 aliphatic heterocycles. The molecule has 0 amide bonds. The molecule has 0 saturated heterocycles. The first-order valence-electron chi connectivity index (χ1n) is 7.16. The fourth-order valence-corrected chi connectivity index (χ4v) is 2.16. The fraction of sp³-hybridized carbons (Fsp3) is 0.438. The van der Waals surface area contributed by atoms with Gasteiger partial charge in [-0.1, -0.05) is 44.4 Å². The van der Waals surface area contributed by atoms with Crippen LogP contribution in [-0.2, 0) is 0 Å². The van der Waals surface area contributed by atoms with Crippen LogP contribution in [0.15, 0.2) is 36.5 Å². The zero-order valence-corrected chi connectivity index (χ0v) is 11.9. The fourth-order valence-electron chi connectivity index (χ4n) is 2.16. The first-order chi connectivity index (χ1) is 9.31. The molecule has 0 unspecified atom stereocenters. The molecule has 0 fully saturated rings. The van der Waals surface area contributed by atoms with Gasteiger partial charge in [-0.25, -0.2) is 4.98 Å². The summed E-state index contributed by atoms with van der Waals surface area (Å²) in [5.41, 5.74) is 2.19. The Bertz CT molecular complexity index is 488. The first kappa shape index (κ1) is 13.7. The Labute approximate surface area is 115 Å². The van der Waals surface area contributed by atoms with Crippen LogP contribution in [0.3, 0.4) is 0 Å². The van der Waals surface area contributed by atoms with Crippen molar-refractivity contribution in [1.82, 2.24) is 9.55 Å². The Balaban J connectivity index is 2.01. The molecule has 1 N–H and O–H groups in total. The highest BCUT2D eigenvalue weighted by Gasteiger charge is 2.06. The molecule has 1 aromatic carbocycles. The van der Waals surface area contributed by atoms with E-state index in [1.54, 1.807) is 0 Å². The maximum Gasteiger partial charge on any atom is 0.207 e. The lowest BCUT2D eigenvalue weighted by Crippen LogP contribution is -2.07. The van der Waals surface area contributed by atoms with Gasteiger partial charge in [0.2, 0.25) is 5.95 Å². The number of benzene rings is 1. The Kier molecular flexibility index (Phi) is 5.01. The van der Waals surface area contributed by atoms with Gasteiger partial charge in [-0.05, 0) is 25.5 Å². The van der Waals surface area contributed by atoms with E-state index in [4.69, 9.17) is 0 Å². The Morgan fingerprint density at radius 1 is 1.11 bits per heavy atom. The normalized spacial score (nSPS) is 10.6. The van der Waals surface area contributed by atoms with E-state index in [0.29, 0.717) is 0 Å². The van der Waals surface area contributed by atoms with E-state index in [0.717, 1.165) is 23.9 Å². The molecule has 0 aliphatic carbocycles. The number of aryl methyl sites for hydroxylation is 1. The van der Waals surface area contributed by atoms with Crippen LogP contribution in [0.4, 0.5) is 5.95 Å². The number of nitrogens with zero attached hydrogens (tertiary/aromatic N) is 2. The third kappa shape index (κ3) is 3.85. The predicted molar refractivity (Wildman–Crippen MR) is 80.9 cm³/mol. The van der Waals surface area contributed by atoms with Crippen molar-refractivity contribution in [3.05, 3.63) is 42.2 Å². The minimum Gasteiger partial charge on any atom is -0.355 e. The number of hydrogen-bond acceptors (Lipinski definition) is 2. The second-order valence-electron chi connectivity index (χ2n) is 4.90. The van der Waals surface area contributed by atoms with Crippen LogP contribution in [0.1, 0.15) is 38.3 Å². The monoisotopic (exact) mass is 257 g/mol. The third-order valence-electron chi connectivity index (χ3n) is 3.17. The van der Waals surface area contributed by atoms with E-state index < -0.39 is 0 Å². The van der Waals surface area contributed by atoms with Crippen molar-refractivity contribution < 1.29 is 0 Å². The van der Waals surface area contributed by atoms with E-state index in [1.165, 1.54) is 25.7 Å². The van der Waals surface area contributed by atoms with E-state index in [9.17, 15) is 0 Å². The molecule has 3 nitrogen and oxygen atoms in total. The van der Waals surface area contributed by atoms with Crippen LogP contribution < -0.4 is 5.32 Å². The Hall–Kier alpha value is -1.77. The van der Waals surface area contributed by atoms with E-state index in [-0.39, 0.29) is 0 Å².